The number of hydrogen-bond acceptors (Lipinski definition) is 5. The second-order valence-corrected chi connectivity index (χ2v) is 5.02. The Labute approximate surface area is 118 Å². The van der Waals surface area contributed by atoms with Gasteiger partial charge in [-0.15, -0.1) is 0 Å². The molecule has 0 amide bonds. The summed E-state index contributed by atoms with van der Waals surface area (Å²) in [5.41, 5.74) is 0.277. The Kier molecular flexibility index (Phi) is 6.44. The summed E-state index contributed by atoms with van der Waals surface area (Å²) >= 11 is 0. The van der Waals surface area contributed by atoms with E-state index in [2.05, 4.69) is 29.1 Å². The van der Waals surface area contributed by atoms with Gasteiger partial charge in [0.05, 0.1) is 0 Å². The van der Waals surface area contributed by atoms with E-state index in [9.17, 15) is 4.79 Å². The zero-order valence-corrected chi connectivity index (χ0v) is 11.8. The molecule has 0 saturated carbocycles. The van der Waals surface area contributed by atoms with Crippen molar-refractivity contribution in [3.63, 3.8) is 0 Å². The summed E-state index contributed by atoms with van der Waals surface area (Å²) in [5, 5.41) is 20.7. The first kappa shape index (κ1) is 15.9. The van der Waals surface area contributed by atoms with Gasteiger partial charge in [-0.2, -0.15) is 5.26 Å². The van der Waals surface area contributed by atoms with Crippen LogP contribution in [0, 0.1) is 23.2 Å². The average Bonchev–Trinajstić information content (AvgIpc) is 2.42. The topological polar surface area (TPSA) is 98.9 Å². The van der Waals surface area contributed by atoms with Gasteiger partial charge in [0, 0.05) is 25.4 Å². The minimum atomic E-state index is -0.760. The first-order chi connectivity index (χ1) is 9.54. The van der Waals surface area contributed by atoms with Gasteiger partial charge < -0.3 is 10.4 Å². The summed E-state index contributed by atoms with van der Waals surface area (Å²) in [6.45, 7) is 4.83. The number of aliphatic carboxylic acids is 1. The Hall–Kier alpha value is -2.16. The van der Waals surface area contributed by atoms with Crippen LogP contribution in [0.2, 0.25) is 0 Å². The van der Waals surface area contributed by atoms with Crippen molar-refractivity contribution < 1.29 is 9.90 Å². The summed E-state index contributed by atoms with van der Waals surface area (Å²) in [6, 6.07) is 1.98. The Morgan fingerprint density at radius 1 is 1.40 bits per heavy atom. The van der Waals surface area contributed by atoms with Crippen LogP contribution < -0.4 is 5.32 Å². The zero-order chi connectivity index (χ0) is 15.0. The van der Waals surface area contributed by atoms with E-state index in [4.69, 9.17) is 10.4 Å². The third-order valence-electron chi connectivity index (χ3n) is 3.28. The summed E-state index contributed by atoms with van der Waals surface area (Å²) in [5.74, 6) is 0.481. The number of nitriles is 1. The summed E-state index contributed by atoms with van der Waals surface area (Å²) in [4.78, 5) is 18.6. The normalized spacial score (nSPS) is 11.9. The predicted molar refractivity (Wildman–Crippen MR) is 75.1 cm³/mol. The van der Waals surface area contributed by atoms with Gasteiger partial charge in [-0.25, -0.2) is 9.97 Å². The average molecular weight is 276 g/mol. The van der Waals surface area contributed by atoms with E-state index in [0.717, 1.165) is 6.42 Å². The quantitative estimate of drug-likeness (QED) is 0.755. The maximum atomic E-state index is 10.6. The standard InChI is InChI=1S/C14H20N4O2/c1-10(2)11(3-4-13(19)20)5-6-17-14-12(9-15)16-7-8-18-14/h7-8,10-11H,3-6H2,1-2H3,(H,17,18)(H,19,20). The number of carboxylic acids is 1. The molecule has 0 bridgehead atoms. The molecular formula is C14H20N4O2. The molecule has 0 aliphatic carbocycles. The van der Waals surface area contributed by atoms with Crippen LogP contribution >= 0.6 is 0 Å². The van der Waals surface area contributed by atoms with Crippen molar-refractivity contribution in [3.8, 4) is 6.07 Å². The molecule has 108 valence electrons. The lowest BCUT2D eigenvalue weighted by Crippen LogP contribution is -2.16. The largest absolute Gasteiger partial charge is 0.481 e. The van der Waals surface area contributed by atoms with Crippen LogP contribution in [0.1, 0.15) is 38.8 Å². The summed E-state index contributed by atoms with van der Waals surface area (Å²) < 4.78 is 0. The zero-order valence-electron chi connectivity index (χ0n) is 11.8. The molecule has 1 rings (SSSR count). The molecule has 0 radical (unpaired) electrons. The molecule has 20 heavy (non-hydrogen) atoms. The molecule has 1 aromatic rings. The van der Waals surface area contributed by atoms with Gasteiger partial charge in [0.25, 0.3) is 0 Å². The van der Waals surface area contributed by atoms with E-state index >= 15 is 0 Å². The van der Waals surface area contributed by atoms with Gasteiger partial charge >= 0.3 is 5.97 Å². The molecule has 0 aromatic carbocycles. The molecule has 1 atom stereocenters. The number of nitrogens with zero attached hydrogens (tertiary/aromatic N) is 3. The van der Waals surface area contributed by atoms with E-state index in [1.54, 1.807) is 0 Å². The third-order valence-corrected chi connectivity index (χ3v) is 3.28. The van der Waals surface area contributed by atoms with Gasteiger partial charge in [-0.1, -0.05) is 13.8 Å². The molecule has 6 nitrogen and oxygen atoms in total. The van der Waals surface area contributed by atoms with Gasteiger partial charge in [-0.3, -0.25) is 4.79 Å². The van der Waals surface area contributed by atoms with Crippen molar-refractivity contribution >= 4 is 11.8 Å². The number of nitrogens with one attached hydrogen (secondary N) is 1. The Morgan fingerprint density at radius 2 is 2.10 bits per heavy atom. The highest BCUT2D eigenvalue weighted by atomic mass is 16.4. The minimum Gasteiger partial charge on any atom is -0.481 e. The first-order valence-corrected chi connectivity index (χ1v) is 6.71. The fraction of sp³-hybridized carbons (Fsp3) is 0.571. The minimum absolute atomic E-state index is 0.192. The molecule has 1 heterocycles. The van der Waals surface area contributed by atoms with Gasteiger partial charge in [-0.05, 0) is 24.7 Å². The Bertz CT molecular complexity index is 482. The fourth-order valence-electron chi connectivity index (χ4n) is 2.05. The van der Waals surface area contributed by atoms with Crippen molar-refractivity contribution in [1.82, 2.24) is 9.97 Å². The van der Waals surface area contributed by atoms with Crippen molar-refractivity contribution in [1.29, 1.82) is 5.26 Å². The van der Waals surface area contributed by atoms with E-state index in [1.165, 1.54) is 12.4 Å². The molecule has 1 aromatic heterocycles. The van der Waals surface area contributed by atoms with Crippen LogP contribution in [0.25, 0.3) is 0 Å². The van der Waals surface area contributed by atoms with Gasteiger partial charge in [0.1, 0.15) is 6.07 Å². The van der Waals surface area contributed by atoms with Gasteiger partial charge in [0.15, 0.2) is 11.5 Å². The van der Waals surface area contributed by atoms with Crippen molar-refractivity contribution in [2.24, 2.45) is 11.8 Å². The molecular weight excluding hydrogens is 256 g/mol. The van der Waals surface area contributed by atoms with Crippen LogP contribution in [0.4, 0.5) is 5.82 Å². The second-order valence-electron chi connectivity index (χ2n) is 5.02. The molecule has 0 aliphatic heterocycles. The predicted octanol–water partition coefficient (Wildman–Crippen LogP) is 2.29. The smallest absolute Gasteiger partial charge is 0.303 e. The van der Waals surface area contributed by atoms with Crippen molar-refractivity contribution in [2.45, 2.75) is 33.1 Å². The molecule has 0 fully saturated rings. The van der Waals surface area contributed by atoms with E-state index in [1.807, 2.05) is 6.07 Å². The lowest BCUT2D eigenvalue weighted by Gasteiger charge is -2.20. The Balaban J connectivity index is 2.48. The molecule has 0 aliphatic rings. The highest BCUT2D eigenvalue weighted by Crippen LogP contribution is 2.21. The maximum absolute atomic E-state index is 10.6. The highest BCUT2D eigenvalue weighted by molar-refractivity contribution is 5.66. The number of anilines is 1. The van der Waals surface area contributed by atoms with Crippen molar-refractivity contribution in [2.75, 3.05) is 11.9 Å². The number of hydrogen-bond donors (Lipinski definition) is 2. The van der Waals surface area contributed by atoms with Crippen LogP contribution in [-0.4, -0.2) is 27.6 Å². The number of carboxylic acid groups (broad SMARTS) is 1. The monoisotopic (exact) mass is 276 g/mol. The number of rotatable bonds is 8. The van der Waals surface area contributed by atoms with Crippen LogP contribution in [0.15, 0.2) is 12.4 Å². The SMILES string of the molecule is CC(C)C(CCNc1nccnc1C#N)CCC(=O)O. The molecule has 6 heteroatoms. The summed E-state index contributed by atoms with van der Waals surface area (Å²) in [7, 11) is 0. The van der Waals surface area contributed by atoms with Gasteiger partial charge in [0.2, 0.25) is 0 Å². The lowest BCUT2D eigenvalue weighted by molar-refractivity contribution is -0.137. The Morgan fingerprint density at radius 3 is 2.70 bits per heavy atom. The second kappa shape index (κ2) is 8.10. The van der Waals surface area contributed by atoms with E-state index in [0.29, 0.717) is 30.6 Å². The summed E-state index contributed by atoms with van der Waals surface area (Å²) in [6.07, 6.45) is 4.71. The van der Waals surface area contributed by atoms with E-state index < -0.39 is 5.97 Å². The molecule has 0 spiro atoms. The highest BCUT2D eigenvalue weighted by Gasteiger charge is 2.15. The van der Waals surface area contributed by atoms with E-state index in [-0.39, 0.29) is 12.1 Å². The number of carbonyl (C=O) groups is 1. The molecule has 2 N–H and O–H groups in total. The number of aromatic nitrogens is 2. The van der Waals surface area contributed by atoms with Crippen LogP contribution in [0.3, 0.4) is 0 Å². The molecule has 1 unspecified atom stereocenters. The lowest BCUT2D eigenvalue weighted by atomic mass is 9.88. The van der Waals surface area contributed by atoms with Crippen molar-refractivity contribution in [3.05, 3.63) is 18.1 Å². The first-order valence-electron chi connectivity index (χ1n) is 6.71. The molecule has 0 saturated heterocycles. The van der Waals surface area contributed by atoms with Crippen LogP contribution in [-0.2, 0) is 4.79 Å². The third kappa shape index (κ3) is 5.22. The maximum Gasteiger partial charge on any atom is 0.303 e. The fourth-order valence-corrected chi connectivity index (χ4v) is 2.05. The van der Waals surface area contributed by atoms with Crippen LogP contribution in [0.5, 0.6) is 0 Å².